The molecule has 1 atom stereocenters. The highest BCUT2D eigenvalue weighted by atomic mass is 16.5. The molecule has 3 aromatic carbocycles. The molecule has 4 rings (SSSR count). The second-order valence-corrected chi connectivity index (χ2v) is 7.41. The number of ether oxygens (including phenoxy) is 4. The Hall–Kier alpha value is -3.87. The number of rotatable bonds is 6. The maximum Gasteiger partial charge on any atom is 0.204 e. The van der Waals surface area contributed by atoms with Crippen molar-refractivity contribution in [3.63, 3.8) is 0 Å². The fourth-order valence-electron chi connectivity index (χ4n) is 3.98. The third kappa shape index (κ3) is 3.66. The fourth-order valence-corrected chi connectivity index (χ4v) is 3.98. The molecule has 0 aromatic heterocycles. The van der Waals surface area contributed by atoms with Crippen LogP contribution >= 0.6 is 0 Å². The van der Waals surface area contributed by atoms with Gasteiger partial charge in [-0.15, -0.1) is 0 Å². The number of aromatic hydroxyl groups is 2. The molecule has 1 aliphatic rings. The summed E-state index contributed by atoms with van der Waals surface area (Å²) >= 11 is 0. The molecule has 3 aromatic rings. The van der Waals surface area contributed by atoms with Crippen LogP contribution in [-0.4, -0.2) is 37.3 Å². The van der Waals surface area contributed by atoms with Crippen LogP contribution in [0, 0.1) is 0 Å². The molecule has 0 bridgehead atoms. The van der Waals surface area contributed by atoms with Crippen molar-refractivity contribution in [3.8, 4) is 34.5 Å². The molecule has 1 aliphatic heterocycles. The molecule has 0 amide bonds. The lowest BCUT2D eigenvalue weighted by Gasteiger charge is -2.29. The van der Waals surface area contributed by atoms with E-state index >= 15 is 0 Å². The van der Waals surface area contributed by atoms with Crippen LogP contribution in [0.4, 0.5) is 0 Å². The predicted octanol–water partition coefficient (Wildman–Crippen LogP) is 4.42. The highest BCUT2D eigenvalue weighted by Gasteiger charge is 2.37. The number of hydrogen-bond donors (Lipinski definition) is 2. The lowest BCUT2D eigenvalue weighted by molar-refractivity contribution is 0.0835. The average Bonchev–Trinajstić information content (AvgIpc) is 2.81. The molecule has 32 heavy (non-hydrogen) atoms. The molecule has 0 radical (unpaired) electrons. The summed E-state index contributed by atoms with van der Waals surface area (Å²) in [5, 5.41) is 21.4. The molecule has 2 N–H and O–H groups in total. The summed E-state index contributed by atoms with van der Waals surface area (Å²) in [7, 11) is 4.41. The molecule has 1 heterocycles. The first-order valence-corrected chi connectivity index (χ1v) is 10.1. The van der Waals surface area contributed by atoms with Crippen molar-refractivity contribution in [2.75, 3.05) is 21.3 Å². The highest BCUT2D eigenvalue weighted by Crippen LogP contribution is 2.53. The molecule has 0 spiro atoms. The number of methoxy groups -OCH3 is 3. The van der Waals surface area contributed by atoms with Gasteiger partial charge in [0.15, 0.2) is 17.3 Å². The van der Waals surface area contributed by atoms with E-state index in [1.807, 2.05) is 30.3 Å². The maximum atomic E-state index is 13.1. The summed E-state index contributed by atoms with van der Waals surface area (Å²) in [6, 6.07) is 14.2. The molecule has 0 fully saturated rings. The summed E-state index contributed by atoms with van der Waals surface area (Å²) < 4.78 is 22.5. The molecular formula is C25H24O7. The van der Waals surface area contributed by atoms with Crippen LogP contribution in [0.3, 0.4) is 0 Å². The SMILES string of the molecule is COc1ccc(O)c(Cc2c(O)c3c(c(OC)c2OC)O[C@H](c2ccccc2)CC3=O)c1. The Kier molecular flexibility index (Phi) is 5.81. The zero-order valence-corrected chi connectivity index (χ0v) is 18.0. The van der Waals surface area contributed by atoms with E-state index in [0.29, 0.717) is 16.9 Å². The van der Waals surface area contributed by atoms with Gasteiger partial charge in [-0.3, -0.25) is 4.79 Å². The zero-order valence-electron chi connectivity index (χ0n) is 18.0. The third-order valence-corrected chi connectivity index (χ3v) is 5.58. The van der Waals surface area contributed by atoms with E-state index in [2.05, 4.69) is 0 Å². The van der Waals surface area contributed by atoms with E-state index in [1.165, 1.54) is 27.4 Å². The van der Waals surface area contributed by atoms with Crippen LogP contribution in [0.25, 0.3) is 0 Å². The van der Waals surface area contributed by atoms with Crippen molar-refractivity contribution >= 4 is 5.78 Å². The molecule has 0 saturated carbocycles. The van der Waals surface area contributed by atoms with E-state index in [0.717, 1.165) is 5.56 Å². The van der Waals surface area contributed by atoms with Gasteiger partial charge in [0.1, 0.15) is 28.9 Å². The Labute approximate surface area is 185 Å². The number of phenols is 2. The molecular weight excluding hydrogens is 412 g/mol. The Balaban J connectivity index is 1.85. The van der Waals surface area contributed by atoms with E-state index in [9.17, 15) is 15.0 Å². The van der Waals surface area contributed by atoms with Crippen LogP contribution in [0.15, 0.2) is 48.5 Å². The van der Waals surface area contributed by atoms with Gasteiger partial charge in [0.25, 0.3) is 0 Å². The monoisotopic (exact) mass is 436 g/mol. The first-order valence-electron chi connectivity index (χ1n) is 10.1. The number of ketones is 1. The molecule has 7 nitrogen and oxygen atoms in total. The number of Topliss-reactive ketones (excluding diaryl/α,β-unsaturated/α-hetero) is 1. The quantitative estimate of drug-likeness (QED) is 0.591. The number of benzene rings is 3. The Morgan fingerprint density at radius 2 is 1.69 bits per heavy atom. The van der Waals surface area contributed by atoms with Crippen molar-refractivity contribution in [1.29, 1.82) is 0 Å². The van der Waals surface area contributed by atoms with Crippen molar-refractivity contribution in [2.24, 2.45) is 0 Å². The van der Waals surface area contributed by atoms with Crippen molar-refractivity contribution in [3.05, 3.63) is 70.8 Å². The third-order valence-electron chi connectivity index (χ3n) is 5.58. The molecule has 0 unspecified atom stereocenters. The summed E-state index contributed by atoms with van der Waals surface area (Å²) in [5.74, 6) is 0.637. The summed E-state index contributed by atoms with van der Waals surface area (Å²) in [4.78, 5) is 13.1. The second kappa shape index (κ2) is 8.70. The van der Waals surface area contributed by atoms with Gasteiger partial charge in [0, 0.05) is 17.5 Å². The van der Waals surface area contributed by atoms with Gasteiger partial charge in [0.2, 0.25) is 5.75 Å². The van der Waals surface area contributed by atoms with Gasteiger partial charge in [0.05, 0.1) is 27.8 Å². The Morgan fingerprint density at radius 1 is 0.969 bits per heavy atom. The smallest absolute Gasteiger partial charge is 0.204 e. The van der Waals surface area contributed by atoms with Gasteiger partial charge in [-0.25, -0.2) is 0 Å². The van der Waals surface area contributed by atoms with Crippen molar-refractivity contribution < 1.29 is 34.0 Å². The number of carbonyl (C=O) groups is 1. The van der Waals surface area contributed by atoms with E-state index in [-0.39, 0.29) is 52.9 Å². The van der Waals surface area contributed by atoms with Crippen molar-refractivity contribution in [1.82, 2.24) is 0 Å². The van der Waals surface area contributed by atoms with E-state index in [1.54, 1.807) is 12.1 Å². The topological polar surface area (TPSA) is 94.5 Å². The Bertz CT molecular complexity index is 1150. The number of fused-ring (bicyclic) bond motifs is 1. The largest absolute Gasteiger partial charge is 0.508 e. The lowest BCUT2D eigenvalue weighted by Crippen LogP contribution is -2.22. The second-order valence-electron chi connectivity index (χ2n) is 7.41. The molecule has 0 saturated heterocycles. The standard InChI is InChI=1S/C25H24O7/c1-29-16-9-10-18(26)15(11-16)12-17-22(28)21-19(27)13-20(14-7-5-4-6-8-14)32-24(21)25(31-3)23(17)30-2/h4-11,20,26,28H,12-13H2,1-3H3/t20-/m0/s1. The van der Waals surface area contributed by atoms with Crippen LogP contribution in [0.1, 0.15) is 39.6 Å². The summed E-state index contributed by atoms with van der Waals surface area (Å²) in [5.41, 5.74) is 1.69. The molecule has 166 valence electrons. The van der Waals surface area contributed by atoms with Crippen LogP contribution in [0.2, 0.25) is 0 Å². The van der Waals surface area contributed by atoms with E-state index < -0.39 is 6.10 Å². The molecule has 0 aliphatic carbocycles. The molecule has 7 heteroatoms. The van der Waals surface area contributed by atoms with Crippen LogP contribution in [0.5, 0.6) is 34.5 Å². The lowest BCUT2D eigenvalue weighted by atomic mass is 9.91. The van der Waals surface area contributed by atoms with Crippen LogP contribution < -0.4 is 18.9 Å². The van der Waals surface area contributed by atoms with Gasteiger partial charge in [-0.05, 0) is 23.8 Å². The number of carbonyl (C=O) groups excluding carboxylic acids is 1. The minimum Gasteiger partial charge on any atom is -0.508 e. The first kappa shape index (κ1) is 21.4. The summed E-state index contributed by atoms with van der Waals surface area (Å²) in [6.07, 6.45) is -0.358. The number of phenolic OH excluding ortho intramolecular Hbond substituents is 2. The normalized spacial score (nSPS) is 15.0. The highest BCUT2D eigenvalue weighted by molar-refractivity contribution is 6.04. The maximum absolute atomic E-state index is 13.1. The average molecular weight is 436 g/mol. The predicted molar refractivity (Wildman–Crippen MR) is 117 cm³/mol. The first-order chi connectivity index (χ1) is 15.5. The minimum absolute atomic E-state index is 0.0238. The van der Waals surface area contributed by atoms with Gasteiger partial charge in [-0.1, -0.05) is 30.3 Å². The fraction of sp³-hybridized carbons (Fsp3) is 0.240. The van der Waals surface area contributed by atoms with Crippen molar-refractivity contribution in [2.45, 2.75) is 18.9 Å². The Morgan fingerprint density at radius 3 is 2.34 bits per heavy atom. The minimum atomic E-state index is -0.512. The van der Waals surface area contributed by atoms with E-state index in [4.69, 9.17) is 18.9 Å². The van der Waals surface area contributed by atoms with Gasteiger partial charge < -0.3 is 29.2 Å². The van der Waals surface area contributed by atoms with Gasteiger partial charge >= 0.3 is 0 Å². The summed E-state index contributed by atoms with van der Waals surface area (Å²) in [6.45, 7) is 0. The zero-order chi connectivity index (χ0) is 22.8. The van der Waals surface area contributed by atoms with Crippen LogP contribution in [-0.2, 0) is 6.42 Å². The number of hydrogen-bond acceptors (Lipinski definition) is 7. The van der Waals surface area contributed by atoms with Gasteiger partial charge in [-0.2, -0.15) is 0 Å².